The molecule has 9 nitrogen and oxygen atoms in total. The number of hydrogen-bond acceptors (Lipinski definition) is 8. The number of aromatic nitrogens is 1. The standard InChI is InChI=1S/C31H26BrN3O6S2/c1-16-6-4-5-7-20(16)33-23(36)15-34-30-27(43-31(34)39)24(17-8-13-21(40-2)22(14-17)41-3)25-26(42-30)29(38)35(28(25)37)19-11-9-18(32)10-12-19/h4-14,24-26H,15H2,1-3H3,(H,33,36). The SMILES string of the molecule is COc1ccc(C2c3sc(=O)n(CC(=O)Nc4ccccc4C)c3SC3C(=O)N(c4ccc(Br)cc4)C(=O)C32)cc1OC. The molecular formula is C31H26BrN3O6S2. The molecule has 3 heterocycles. The number of nitrogens with one attached hydrogen (secondary N) is 1. The number of amides is 3. The van der Waals surface area contributed by atoms with Gasteiger partial charge in [0.2, 0.25) is 17.7 Å². The Morgan fingerprint density at radius 1 is 0.953 bits per heavy atom. The van der Waals surface area contributed by atoms with Crippen LogP contribution in [0.3, 0.4) is 0 Å². The number of thiazole rings is 1. The first-order valence-electron chi connectivity index (χ1n) is 13.3. The van der Waals surface area contributed by atoms with E-state index in [-0.39, 0.29) is 29.1 Å². The first-order valence-corrected chi connectivity index (χ1v) is 15.8. The zero-order valence-electron chi connectivity index (χ0n) is 23.3. The Bertz CT molecular complexity index is 1820. The molecule has 220 valence electrons. The van der Waals surface area contributed by atoms with Gasteiger partial charge in [-0.25, -0.2) is 4.90 Å². The highest BCUT2D eigenvalue weighted by Gasteiger charge is 2.57. The third-order valence-electron chi connectivity index (χ3n) is 7.62. The van der Waals surface area contributed by atoms with Gasteiger partial charge in [0.1, 0.15) is 11.8 Å². The Balaban J connectivity index is 1.44. The van der Waals surface area contributed by atoms with Gasteiger partial charge < -0.3 is 14.8 Å². The summed E-state index contributed by atoms with van der Waals surface area (Å²) in [5.74, 6) is -1.52. The predicted molar refractivity (Wildman–Crippen MR) is 170 cm³/mol. The Kier molecular flexibility index (Phi) is 7.92. The van der Waals surface area contributed by atoms with E-state index in [4.69, 9.17) is 9.47 Å². The van der Waals surface area contributed by atoms with E-state index in [2.05, 4.69) is 21.2 Å². The summed E-state index contributed by atoms with van der Waals surface area (Å²) in [5.41, 5.74) is 2.72. The molecule has 0 radical (unpaired) electrons. The van der Waals surface area contributed by atoms with Crippen molar-refractivity contribution in [3.63, 3.8) is 0 Å². The molecule has 3 amide bonds. The van der Waals surface area contributed by atoms with Gasteiger partial charge in [-0.3, -0.25) is 23.7 Å². The molecule has 12 heteroatoms. The van der Waals surface area contributed by atoms with Gasteiger partial charge in [0.15, 0.2) is 11.5 Å². The highest BCUT2D eigenvalue weighted by Crippen LogP contribution is 2.54. The van der Waals surface area contributed by atoms with E-state index in [9.17, 15) is 19.2 Å². The van der Waals surface area contributed by atoms with Crippen LogP contribution in [0.2, 0.25) is 0 Å². The lowest BCUT2D eigenvalue weighted by atomic mass is 9.83. The molecule has 0 aliphatic carbocycles. The van der Waals surface area contributed by atoms with Gasteiger partial charge in [0.05, 0.1) is 30.9 Å². The van der Waals surface area contributed by atoms with Gasteiger partial charge >= 0.3 is 4.87 Å². The molecule has 43 heavy (non-hydrogen) atoms. The number of para-hydroxylation sites is 1. The quantitative estimate of drug-likeness (QED) is 0.260. The molecule has 0 saturated carbocycles. The molecule has 1 fully saturated rings. The number of fused-ring (bicyclic) bond motifs is 2. The van der Waals surface area contributed by atoms with Gasteiger partial charge in [-0.2, -0.15) is 0 Å². The minimum absolute atomic E-state index is 0.236. The lowest BCUT2D eigenvalue weighted by Gasteiger charge is -2.31. The smallest absolute Gasteiger partial charge is 0.308 e. The molecule has 1 N–H and O–H groups in total. The monoisotopic (exact) mass is 679 g/mol. The van der Waals surface area contributed by atoms with Crippen molar-refractivity contribution >= 4 is 68.1 Å². The first-order chi connectivity index (χ1) is 20.7. The number of benzene rings is 3. The van der Waals surface area contributed by atoms with Crippen molar-refractivity contribution in [3.8, 4) is 11.5 Å². The molecule has 4 aromatic rings. The Hall–Kier alpha value is -3.87. The molecule has 2 aliphatic rings. The minimum atomic E-state index is -0.804. The second-order valence-electron chi connectivity index (χ2n) is 10.1. The van der Waals surface area contributed by atoms with Crippen LogP contribution >= 0.6 is 39.0 Å². The average molecular weight is 681 g/mol. The zero-order chi connectivity index (χ0) is 30.4. The van der Waals surface area contributed by atoms with E-state index < -0.39 is 17.1 Å². The van der Waals surface area contributed by atoms with Crippen LogP contribution in [0, 0.1) is 12.8 Å². The van der Waals surface area contributed by atoms with E-state index in [0.29, 0.717) is 38.3 Å². The maximum atomic E-state index is 14.1. The molecule has 6 rings (SSSR count). The maximum absolute atomic E-state index is 14.1. The maximum Gasteiger partial charge on any atom is 0.308 e. The number of methoxy groups -OCH3 is 2. The van der Waals surface area contributed by atoms with Gasteiger partial charge in [-0.15, -0.1) is 0 Å². The summed E-state index contributed by atoms with van der Waals surface area (Å²) in [6, 6.07) is 19.7. The fourth-order valence-corrected chi connectivity index (χ4v) is 8.59. The number of aryl methyl sites for hydroxylation is 1. The molecule has 2 aliphatic heterocycles. The molecule has 0 bridgehead atoms. The summed E-state index contributed by atoms with van der Waals surface area (Å²) in [4.78, 5) is 56.1. The topological polar surface area (TPSA) is 107 Å². The van der Waals surface area contributed by atoms with E-state index in [1.54, 1.807) is 42.5 Å². The molecular weight excluding hydrogens is 654 g/mol. The van der Waals surface area contributed by atoms with Gasteiger partial charge in [-0.05, 0) is 60.5 Å². The summed E-state index contributed by atoms with van der Waals surface area (Å²) in [5, 5.41) is 2.59. The van der Waals surface area contributed by atoms with E-state index >= 15 is 0 Å². The lowest BCUT2D eigenvalue weighted by Crippen LogP contribution is -2.33. The van der Waals surface area contributed by atoms with Crippen LogP contribution in [-0.4, -0.2) is 41.8 Å². The molecule has 1 aromatic heterocycles. The number of hydrogen-bond donors (Lipinski definition) is 1. The van der Waals surface area contributed by atoms with Crippen molar-refractivity contribution in [2.75, 3.05) is 24.4 Å². The number of carbonyl (C=O) groups excluding carboxylic acids is 3. The molecule has 1 saturated heterocycles. The average Bonchev–Trinajstić information content (AvgIpc) is 3.44. The number of imide groups is 1. The molecule has 0 spiro atoms. The molecule has 3 atom stereocenters. The third kappa shape index (κ3) is 5.17. The fourth-order valence-electron chi connectivity index (χ4n) is 5.55. The summed E-state index contributed by atoms with van der Waals surface area (Å²) < 4.78 is 13.2. The number of thioether (sulfide) groups is 1. The van der Waals surface area contributed by atoms with Crippen LogP contribution in [0.15, 0.2) is 81.0 Å². The van der Waals surface area contributed by atoms with Crippen molar-refractivity contribution in [3.05, 3.63) is 96.9 Å². The highest BCUT2D eigenvalue weighted by molar-refractivity contribution is 9.10. The van der Waals surface area contributed by atoms with Gasteiger partial charge in [0, 0.05) is 21.0 Å². The number of nitrogens with zero attached hydrogens (tertiary/aromatic N) is 2. The second-order valence-corrected chi connectivity index (χ2v) is 13.2. The van der Waals surface area contributed by atoms with Crippen LogP contribution < -0.4 is 24.6 Å². The van der Waals surface area contributed by atoms with Crippen molar-refractivity contribution < 1.29 is 23.9 Å². The van der Waals surface area contributed by atoms with E-state index in [0.717, 1.165) is 21.4 Å². The summed E-state index contributed by atoms with van der Waals surface area (Å²) in [7, 11) is 3.06. The van der Waals surface area contributed by atoms with Crippen molar-refractivity contribution in [1.82, 2.24) is 4.57 Å². The van der Waals surface area contributed by atoms with Crippen LogP contribution in [0.25, 0.3) is 0 Å². The zero-order valence-corrected chi connectivity index (χ0v) is 26.5. The Morgan fingerprint density at radius 3 is 2.37 bits per heavy atom. The minimum Gasteiger partial charge on any atom is -0.493 e. The number of halogens is 1. The summed E-state index contributed by atoms with van der Waals surface area (Å²) >= 11 is 5.57. The number of ether oxygens (including phenoxy) is 2. The Morgan fingerprint density at radius 2 is 1.67 bits per heavy atom. The largest absolute Gasteiger partial charge is 0.493 e. The van der Waals surface area contributed by atoms with Crippen molar-refractivity contribution in [1.29, 1.82) is 0 Å². The highest BCUT2D eigenvalue weighted by atomic mass is 79.9. The predicted octanol–water partition coefficient (Wildman–Crippen LogP) is 5.43. The number of anilines is 2. The van der Waals surface area contributed by atoms with Crippen molar-refractivity contribution in [2.24, 2.45) is 5.92 Å². The van der Waals surface area contributed by atoms with Crippen LogP contribution in [0.4, 0.5) is 11.4 Å². The van der Waals surface area contributed by atoms with E-state index in [1.165, 1.54) is 35.4 Å². The van der Waals surface area contributed by atoms with E-state index in [1.807, 2.05) is 31.2 Å². The van der Waals surface area contributed by atoms with Crippen molar-refractivity contribution in [2.45, 2.75) is 29.7 Å². The first kappa shape index (κ1) is 29.2. The molecule has 3 aromatic carbocycles. The van der Waals surface area contributed by atoms with Gasteiger partial charge in [0.25, 0.3) is 0 Å². The Labute approximate surface area is 263 Å². The van der Waals surface area contributed by atoms with Gasteiger partial charge in [-0.1, -0.05) is 63.3 Å². The summed E-state index contributed by atoms with van der Waals surface area (Å²) in [6.07, 6.45) is 0. The fraction of sp³-hybridized carbons (Fsp3) is 0.226. The number of carbonyl (C=O) groups is 3. The second kappa shape index (κ2) is 11.7. The van der Waals surface area contributed by atoms with Crippen LogP contribution in [0.1, 0.15) is 21.9 Å². The molecule has 3 unspecified atom stereocenters. The summed E-state index contributed by atoms with van der Waals surface area (Å²) in [6.45, 7) is 1.65. The van der Waals surface area contributed by atoms with Crippen LogP contribution in [-0.2, 0) is 20.9 Å². The number of rotatable bonds is 7. The normalized spacial score (nSPS) is 19.2. The van der Waals surface area contributed by atoms with Crippen LogP contribution in [0.5, 0.6) is 11.5 Å². The lowest BCUT2D eigenvalue weighted by molar-refractivity contribution is -0.122. The third-order valence-corrected chi connectivity index (χ3v) is 10.8.